The molecule has 1 N–H and O–H groups in total. The molecule has 0 aromatic carbocycles. The zero-order chi connectivity index (χ0) is 4.28. The minimum atomic E-state index is -1.10. The van der Waals surface area contributed by atoms with Crippen molar-refractivity contribution in [1.29, 1.82) is 0 Å². The Morgan fingerprint density at radius 3 is 2.50 bits per heavy atom. The SMILES string of the molecule is [2H]C(O)CCl. The average molecular weight is 81.5 g/mol. The van der Waals surface area contributed by atoms with Crippen molar-refractivity contribution >= 4 is 11.6 Å². The molecule has 0 aliphatic rings. The van der Waals surface area contributed by atoms with Gasteiger partial charge in [0.15, 0.2) is 0 Å². The van der Waals surface area contributed by atoms with Crippen LogP contribution in [0.2, 0.25) is 0 Å². The van der Waals surface area contributed by atoms with Crippen LogP contribution >= 0.6 is 11.6 Å². The minimum Gasteiger partial charge on any atom is -0.395 e. The molecule has 0 radical (unpaired) electrons. The van der Waals surface area contributed by atoms with Crippen molar-refractivity contribution in [2.24, 2.45) is 0 Å². The Morgan fingerprint density at radius 2 is 2.50 bits per heavy atom. The fraction of sp³-hybridized carbons (Fsp3) is 1.00. The van der Waals surface area contributed by atoms with E-state index in [1.54, 1.807) is 0 Å². The van der Waals surface area contributed by atoms with Crippen molar-refractivity contribution in [2.45, 2.75) is 0 Å². The lowest BCUT2D eigenvalue weighted by atomic mass is 10.9. The number of aliphatic hydroxyl groups is 1. The second-order valence-corrected chi connectivity index (χ2v) is 0.645. The molecule has 0 rings (SSSR count). The maximum atomic E-state index is 7.90. The normalized spacial score (nSPS) is 19.0. The first-order valence-electron chi connectivity index (χ1n) is 1.51. The van der Waals surface area contributed by atoms with E-state index in [1.807, 2.05) is 0 Å². The lowest BCUT2D eigenvalue weighted by molar-refractivity contribution is 0.321. The van der Waals surface area contributed by atoms with Gasteiger partial charge in [-0.05, 0) is 0 Å². The van der Waals surface area contributed by atoms with Gasteiger partial charge in [0.2, 0.25) is 0 Å². The molecule has 1 unspecified atom stereocenters. The predicted molar refractivity (Wildman–Crippen MR) is 17.8 cm³/mol. The molecule has 26 valence electrons. The highest BCUT2D eigenvalue weighted by Gasteiger charge is 1.60. The molecule has 4 heavy (non-hydrogen) atoms. The molecular formula is C2H5ClO. The highest BCUT2D eigenvalue weighted by Crippen LogP contribution is 1.63. The van der Waals surface area contributed by atoms with Crippen LogP contribution in [0.1, 0.15) is 1.37 Å². The van der Waals surface area contributed by atoms with Crippen molar-refractivity contribution < 1.29 is 6.48 Å². The van der Waals surface area contributed by atoms with Crippen LogP contribution < -0.4 is 0 Å². The van der Waals surface area contributed by atoms with Crippen LogP contribution in [-0.4, -0.2) is 17.6 Å². The Balaban J connectivity index is 2.54. The highest BCUT2D eigenvalue weighted by atomic mass is 35.5. The van der Waals surface area contributed by atoms with Gasteiger partial charge in [0.25, 0.3) is 0 Å². The molecule has 0 saturated carbocycles. The fourth-order valence-electron chi connectivity index (χ4n) is 0. The summed E-state index contributed by atoms with van der Waals surface area (Å²) in [5, 5.41) is 7.90. The van der Waals surface area contributed by atoms with Crippen molar-refractivity contribution in [2.75, 3.05) is 12.5 Å². The first-order valence-corrected chi connectivity index (χ1v) is 1.47. The van der Waals surface area contributed by atoms with Gasteiger partial charge in [-0.25, -0.2) is 0 Å². The van der Waals surface area contributed by atoms with E-state index in [0.717, 1.165) is 0 Å². The van der Waals surface area contributed by atoms with Gasteiger partial charge in [0.05, 0.1) is 7.95 Å². The Bertz CT molecular complexity index is 23.6. The standard InChI is InChI=1S/C2H5ClO/c3-1-2-4/h4H,1-2H2/i2D. The summed E-state index contributed by atoms with van der Waals surface area (Å²) in [5.41, 5.74) is 0. The van der Waals surface area contributed by atoms with Crippen LogP contribution in [-0.2, 0) is 0 Å². The molecular weight excluding hydrogens is 75.5 g/mol. The van der Waals surface area contributed by atoms with Gasteiger partial charge < -0.3 is 5.11 Å². The number of alkyl halides is 1. The summed E-state index contributed by atoms with van der Waals surface area (Å²) in [6.07, 6.45) is 0. The van der Waals surface area contributed by atoms with Crippen molar-refractivity contribution in [3.63, 3.8) is 0 Å². The highest BCUT2D eigenvalue weighted by molar-refractivity contribution is 6.17. The van der Waals surface area contributed by atoms with E-state index >= 15 is 0 Å². The summed E-state index contributed by atoms with van der Waals surface area (Å²) in [4.78, 5) is 0. The van der Waals surface area contributed by atoms with Crippen molar-refractivity contribution in [1.82, 2.24) is 0 Å². The van der Waals surface area contributed by atoms with Gasteiger partial charge in [0, 0.05) is 5.88 Å². The van der Waals surface area contributed by atoms with Gasteiger partial charge in [-0.3, -0.25) is 0 Å². The third-order valence-corrected chi connectivity index (χ3v) is 0.207. The van der Waals surface area contributed by atoms with E-state index < -0.39 is 6.58 Å². The van der Waals surface area contributed by atoms with Crippen LogP contribution in [0.25, 0.3) is 0 Å². The Morgan fingerprint density at radius 1 is 2.25 bits per heavy atom. The van der Waals surface area contributed by atoms with Gasteiger partial charge >= 0.3 is 0 Å². The number of hydrogen-bond acceptors (Lipinski definition) is 1. The van der Waals surface area contributed by atoms with Crippen LogP contribution in [0.15, 0.2) is 0 Å². The smallest absolute Gasteiger partial charge is 0.0576 e. The third kappa shape index (κ3) is 2.25. The average Bonchev–Trinajstić information content (AvgIpc) is 1.38. The maximum absolute atomic E-state index is 7.90. The molecule has 0 heterocycles. The summed E-state index contributed by atoms with van der Waals surface area (Å²) in [5.74, 6) is 0. The van der Waals surface area contributed by atoms with E-state index in [2.05, 4.69) is 0 Å². The summed E-state index contributed by atoms with van der Waals surface area (Å²) >= 11 is 4.90. The largest absolute Gasteiger partial charge is 0.395 e. The van der Waals surface area contributed by atoms with Crippen molar-refractivity contribution in [3.8, 4) is 0 Å². The molecule has 0 fully saturated rings. The first kappa shape index (κ1) is 2.49. The molecule has 0 aliphatic heterocycles. The second kappa shape index (κ2) is 3.25. The van der Waals surface area contributed by atoms with Crippen molar-refractivity contribution in [3.05, 3.63) is 0 Å². The molecule has 0 aliphatic carbocycles. The summed E-state index contributed by atoms with van der Waals surface area (Å²) in [6, 6.07) is 0. The molecule has 0 amide bonds. The number of rotatable bonds is 1. The second-order valence-electron chi connectivity index (χ2n) is 0.337. The Labute approximate surface area is 31.6 Å². The van der Waals surface area contributed by atoms with Gasteiger partial charge in [-0.15, -0.1) is 11.6 Å². The number of hydrogen-bond donors (Lipinski definition) is 1. The summed E-state index contributed by atoms with van der Waals surface area (Å²) < 4.78 is 6.25. The molecule has 0 aromatic rings. The zero-order valence-corrected chi connectivity index (χ0v) is 2.87. The summed E-state index contributed by atoms with van der Waals surface area (Å²) in [6.45, 7) is -1.10. The molecule has 1 nitrogen and oxygen atoms in total. The predicted octanol–water partition coefficient (Wildman–Crippen LogP) is 0.217. The van der Waals surface area contributed by atoms with Crippen LogP contribution in [0.3, 0.4) is 0 Å². The quantitative estimate of drug-likeness (QED) is 0.448. The van der Waals surface area contributed by atoms with E-state index in [1.165, 1.54) is 0 Å². The molecule has 0 spiro atoms. The van der Waals surface area contributed by atoms with Gasteiger partial charge in [-0.2, -0.15) is 0 Å². The molecule has 0 saturated heterocycles. The lowest BCUT2D eigenvalue weighted by Gasteiger charge is -1.67. The fourth-order valence-corrected chi connectivity index (χ4v) is 0. The molecule has 1 atom stereocenters. The molecule has 2 heteroatoms. The van der Waals surface area contributed by atoms with E-state index in [4.69, 9.17) is 18.1 Å². The van der Waals surface area contributed by atoms with E-state index in [-0.39, 0.29) is 5.88 Å². The number of aliphatic hydroxyl groups excluding tert-OH is 1. The third-order valence-electron chi connectivity index (χ3n) is 0.0690. The Kier molecular flexibility index (Phi) is 2.02. The van der Waals surface area contributed by atoms with Crippen LogP contribution in [0.4, 0.5) is 0 Å². The number of halogens is 1. The first-order chi connectivity index (χ1) is 2.27. The van der Waals surface area contributed by atoms with E-state index in [9.17, 15) is 0 Å². The minimum absolute atomic E-state index is 0. The van der Waals surface area contributed by atoms with Gasteiger partial charge in [0.1, 0.15) is 0 Å². The summed E-state index contributed by atoms with van der Waals surface area (Å²) in [7, 11) is 0. The van der Waals surface area contributed by atoms with Crippen LogP contribution in [0.5, 0.6) is 0 Å². The maximum Gasteiger partial charge on any atom is 0.0576 e. The van der Waals surface area contributed by atoms with Crippen LogP contribution in [0, 0.1) is 0 Å². The monoisotopic (exact) mass is 81.0 g/mol. The van der Waals surface area contributed by atoms with E-state index in [0.29, 0.717) is 0 Å². The zero-order valence-electron chi connectivity index (χ0n) is 3.11. The topological polar surface area (TPSA) is 20.2 Å². The lowest BCUT2D eigenvalue weighted by Crippen LogP contribution is -1.76. The molecule has 0 bridgehead atoms. The van der Waals surface area contributed by atoms with Gasteiger partial charge in [-0.1, -0.05) is 0 Å². The molecule has 0 aromatic heterocycles. The Hall–Kier alpha value is 0.250.